The first-order valence-corrected chi connectivity index (χ1v) is 11.0. The number of fused-ring (bicyclic) bond motifs is 1. The lowest BCUT2D eigenvalue weighted by molar-refractivity contribution is 0.0234. The number of amides is 2. The van der Waals surface area contributed by atoms with Crippen molar-refractivity contribution in [2.75, 3.05) is 6.54 Å². The normalized spacial score (nSPS) is 17.0. The van der Waals surface area contributed by atoms with Gasteiger partial charge in [0, 0.05) is 23.0 Å². The van der Waals surface area contributed by atoms with Crippen LogP contribution in [0.1, 0.15) is 81.7 Å². The number of hydrogen-bond donors (Lipinski definition) is 1. The van der Waals surface area contributed by atoms with Gasteiger partial charge in [0.1, 0.15) is 5.60 Å². The van der Waals surface area contributed by atoms with E-state index < -0.39 is 11.5 Å². The molecule has 2 amide bonds. The Labute approximate surface area is 190 Å². The van der Waals surface area contributed by atoms with Crippen molar-refractivity contribution in [2.24, 2.45) is 0 Å². The average molecular weight is 493 g/mol. The highest BCUT2D eigenvalue weighted by Crippen LogP contribution is 2.30. The lowest BCUT2D eigenvalue weighted by atomic mass is 9.97. The minimum absolute atomic E-state index is 0.0724. The van der Waals surface area contributed by atoms with Gasteiger partial charge in [0.15, 0.2) is 0 Å². The molecule has 8 nitrogen and oxygen atoms in total. The van der Waals surface area contributed by atoms with Crippen LogP contribution >= 0.6 is 15.9 Å². The Hall–Kier alpha value is -2.42. The molecule has 1 aliphatic rings. The molecule has 1 aliphatic heterocycles. The van der Waals surface area contributed by atoms with Crippen LogP contribution < -0.4 is 5.32 Å². The van der Waals surface area contributed by atoms with Gasteiger partial charge in [-0.3, -0.25) is 4.79 Å². The first kappa shape index (κ1) is 23.2. The summed E-state index contributed by atoms with van der Waals surface area (Å²) in [6.45, 7) is 12.2. The fraction of sp³-hybridized carbons (Fsp3) is 0.545. The molecule has 1 unspecified atom stereocenters. The van der Waals surface area contributed by atoms with E-state index in [2.05, 4.69) is 31.4 Å². The van der Waals surface area contributed by atoms with Crippen LogP contribution in [0.4, 0.5) is 4.79 Å². The topological polar surface area (TPSA) is 97.6 Å². The molecule has 0 radical (unpaired) electrons. The molecule has 0 spiro atoms. The lowest BCUT2D eigenvalue weighted by Gasteiger charge is -2.26. The second kappa shape index (κ2) is 8.61. The summed E-state index contributed by atoms with van der Waals surface area (Å²) in [5, 5.41) is 10.9. The quantitative estimate of drug-likeness (QED) is 0.649. The molecule has 1 N–H and O–H groups in total. The molecule has 3 rings (SSSR count). The molecule has 0 aliphatic carbocycles. The largest absolute Gasteiger partial charge is 0.444 e. The van der Waals surface area contributed by atoms with Crippen molar-refractivity contribution in [3.05, 3.63) is 45.6 Å². The van der Waals surface area contributed by atoms with Gasteiger partial charge in [-0.1, -0.05) is 42.8 Å². The Balaban J connectivity index is 1.82. The molecule has 0 saturated heterocycles. The Morgan fingerprint density at radius 3 is 2.52 bits per heavy atom. The summed E-state index contributed by atoms with van der Waals surface area (Å²) >= 11 is 3.50. The Morgan fingerprint density at radius 2 is 1.90 bits per heavy atom. The molecule has 2 aromatic rings. The van der Waals surface area contributed by atoms with Gasteiger partial charge in [-0.15, -0.1) is 10.2 Å². The molecule has 0 bridgehead atoms. The van der Waals surface area contributed by atoms with E-state index >= 15 is 0 Å². The Morgan fingerprint density at radius 1 is 1.19 bits per heavy atom. The van der Waals surface area contributed by atoms with E-state index in [9.17, 15) is 9.59 Å². The van der Waals surface area contributed by atoms with Gasteiger partial charge in [0.2, 0.25) is 5.89 Å². The maximum Gasteiger partial charge on any atom is 0.410 e. The van der Waals surface area contributed by atoms with Gasteiger partial charge in [-0.2, -0.15) is 0 Å². The summed E-state index contributed by atoms with van der Waals surface area (Å²) < 4.78 is 12.0. The zero-order chi connectivity index (χ0) is 23.0. The number of aromatic nitrogens is 2. The van der Waals surface area contributed by atoms with Crippen LogP contribution in [-0.2, 0) is 16.7 Å². The van der Waals surface area contributed by atoms with Crippen LogP contribution in [0.5, 0.6) is 0 Å². The molecule has 9 heteroatoms. The minimum atomic E-state index is -0.584. The predicted molar refractivity (Wildman–Crippen MR) is 119 cm³/mol. The maximum atomic E-state index is 12.8. The molecular formula is C22H29BrN4O4. The number of benzene rings is 1. The van der Waals surface area contributed by atoms with Crippen LogP contribution in [0.2, 0.25) is 0 Å². The molecular weight excluding hydrogens is 464 g/mol. The van der Waals surface area contributed by atoms with Crippen molar-refractivity contribution < 1.29 is 18.7 Å². The average Bonchev–Trinajstić information content (AvgIpc) is 3.07. The van der Waals surface area contributed by atoms with E-state index in [-0.39, 0.29) is 23.4 Å². The van der Waals surface area contributed by atoms with Gasteiger partial charge >= 0.3 is 17.9 Å². The van der Waals surface area contributed by atoms with Crippen molar-refractivity contribution in [1.82, 2.24) is 20.4 Å². The van der Waals surface area contributed by atoms with Crippen LogP contribution in [-0.4, -0.2) is 39.2 Å². The monoisotopic (exact) mass is 492 g/mol. The number of nitrogens with zero attached hydrogens (tertiary/aromatic N) is 3. The molecule has 168 valence electrons. The number of nitrogens with one attached hydrogen (secondary N) is 1. The Bertz CT molecular complexity index is 975. The maximum absolute atomic E-state index is 12.8. The number of carbonyl (C=O) groups is 2. The third kappa shape index (κ3) is 5.84. The van der Waals surface area contributed by atoms with Crippen molar-refractivity contribution >= 4 is 27.9 Å². The minimum Gasteiger partial charge on any atom is -0.444 e. The number of carbonyl (C=O) groups excluding carboxylic acids is 2. The zero-order valence-electron chi connectivity index (χ0n) is 18.8. The van der Waals surface area contributed by atoms with Gasteiger partial charge in [-0.25, -0.2) is 4.79 Å². The molecule has 1 atom stereocenters. The van der Waals surface area contributed by atoms with E-state index in [0.717, 1.165) is 15.6 Å². The Kier molecular flexibility index (Phi) is 6.45. The second-order valence-corrected chi connectivity index (χ2v) is 10.6. The van der Waals surface area contributed by atoms with Gasteiger partial charge in [-0.05, 0) is 50.5 Å². The summed E-state index contributed by atoms with van der Waals surface area (Å²) in [5.41, 5.74) is 0.947. The number of halogens is 1. The number of hydrogen-bond acceptors (Lipinski definition) is 6. The highest BCUT2D eigenvalue weighted by molar-refractivity contribution is 9.10. The molecule has 2 heterocycles. The van der Waals surface area contributed by atoms with Gasteiger partial charge < -0.3 is 19.4 Å². The van der Waals surface area contributed by atoms with E-state index in [0.29, 0.717) is 25.4 Å². The first-order chi connectivity index (χ1) is 14.3. The molecule has 1 aromatic heterocycles. The van der Waals surface area contributed by atoms with E-state index in [4.69, 9.17) is 9.15 Å². The highest BCUT2D eigenvalue weighted by atomic mass is 79.9. The van der Waals surface area contributed by atoms with Crippen molar-refractivity contribution in [3.8, 4) is 0 Å². The highest BCUT2D eigenvalue weighted by Gasteiger charge is 2.31. The van der Waals surface area contributed by atoms with Gasteiger partial charge in [0.05, 0.1) is 6.04 Å². The van der Waals surface area contributed by atoms with Crippen LogP contribution in [0, 0.1) is 0 Å². The van der Waals surface area contributed by atoms with E-state index in [1.54, 1.807) is 4.90 Å². The van der Waals surface area contributed by atoms with E-state index in [1.807, 2.05) is 59.7 Å². The molecule has 31 heavy (non-hydrogen) atoms. The summed E-state index contributed by atoms with van der Waals surface area (Å²) in [5.74, 6) is -0.108. The summed E-state index contributed by atoms with van der Waals surface area (Å²) in [7, 11) is 0. The molecule has 0 saturated carbocycles. The molecule has 1 aromatic carbocycles. The third-order valence-electron chi connectivity index (χ3n) is 4.75. The first-order valence-electron chi connectivity index (χ1n) is 10.2. The van der Waals surface area contributed by atoms with Crippen LogP contribution in [0.15, 0.2) is 27.1 Å². The molecule has 0 fully saturated rings. The van der Waals surface area contributed by atoms with Crippen molar-refractivity contribution in [2.45, 2.75) is 71.6 Å². The van der Waals surface area contributed by atoms with Crippen molar-refractivity contribution in [3.63, 3.8) is 0 Å². The fourth-order valence-electron chi connectivity index (χ4n) is 3.25. The van der Waals surface area contributed by atoms with Crippen molar-refractivity contribution in [1.29, 1.82) is 0 Å². The predicted octanol–water partition coefficient (Wildman–Crippen LogP) is 4.74. The zero-order valence-corrected chi connectivity index (χ0v) is 20.4. The van der Waals surface area contributed by atoms with Crippen LogP contribution in [0.3, 0.4) is 0 Å². The SMILES string of the molecule is CC(C)(C)OC(=O)N1CCC(NC(=O)c2nnc(C(C)(C)C)o2)c2ccc(Br)cc2C1. The van der Waals surface area contributed by atoms with E-state index in [1.165, 1.54) is 0 Å². The fourth-order valence-corrected chi connectivity index (χ4v) is 3.66. The smallest absolute Gasteiger partial charge is 0.410 e. The number of rotatable bonds is 2. The summed E-state index contributed by atoms with van der Waals surface area (Å²) in [4.78, 5) is 27.2. The number of ether oxygens (including phenoxy) is 1. The summed E-state index contributed by atoms with van der Waals surface area (Å²) in [6.07, 6.45) is 0.150. The lowest BCUT2D eigenvalue weighted by Crippen LogP contribution is -2.37. The summed E-state index contributed by atoms with van der Waals surface area (Å²) in [6, 6.07) is 5.53. The second-order valence-electron chi connectivity index (χ2n) is 9.72. The third-order valence-corrected chi connectivity index (χ3v) is 5.24. The standard InChI is InChI=1S/C22H29BrN4O4/c1-21(2,3)19-26-25-18(30-19)17(28)24-16-9-10-27(20(29)31-22(4,5)6)12-13-11-14(23)7-8-15(13)16/h7-8,11,16H,9-10,12H2,1-6H3,(H,24,28). The van der Waals surface area contributed by atoms with Crippen LogP contribution in [0.25, 0.3) is 0 Å². The van der Waals surface area contributed by atoms with Gasteiger partial charge in [0.25, 0.3) is 0 Å².